The van der Waals surface area contributed by atoms with Crippen molar-refractivity contribution < 1.29 is 4.74 Å². The summed E-state index contributed by atoms with van der Waals surface area (Å²) in [6.07, 6.45) is 10.9. The maximum Gasteiger partial charge on any atom is 0.187 e. The number of nitrogens with zero attached hydrogens (tertiary/aromatic N) is 6. The Kier molecular flexibility index (Phi) is 8.39. The van der Waals surface area contributed by atoms with Crippen molar-refractivity contribution in [3.63, 3.8) is 0 Å². The largest absolute Gasteiger partial charge is 0.493 e. The minimum Gasteiger partial charge on any atom is -0.493 e. The Hall–Kier alpha value is -2.59. The number of likely N-dealkylation sites (tertiary alicyclic amines) is 1. The maximum absolute atomic E-state index is 6.48. The average Bonchev–Trinajstić information content (AvgIpc) is 3.64. The molecule has 0 atom stereocenters. The number of benzene rings is 1. The van der Waals surface area contributed by atoms with E-state index in [9.17, 15) is 0 Å². The molecule has 4 heterocycles. The number of hydrogen-bond donors (Lipinski definition) is 2. The summed E-state index contributed by atoms with van der Waals surface area (Å²) in [5.41, 5.74) is 4.47. The summed E-state index contributed by atoms with van der Waals surface area (Å²) in [6.45, 7) is 11.2. The monoisotopic (exact) mass is 596 g/mol. The topological polar surface area (TPSA) is 85.4 Å². The number of hydrogen-bond acceptors (Lipinski definition) is 8. The number of rotatable bonds is 9. The van der Waals surface area contributed by atoms with E-state index in [0.29, 0.717) is 11.6 Å². The molecule has 2 N–H and O–H groups in total. The molecule has 0 bridgehead atoms. The molecular weight excluding hydrogens is 556 g/mol. The highest BCUT2D eigenvalue weighted by molar-refractivity contribution is 9.10. The third-order valence-corrected chi connectivity index (χ3v) is 9.29. The van der Waals surface area contributed by atoms with Gasteiger partial charge in [-0.25, -0.2) is 9.97 Å². The summed E-state index contributed by atoms with van der Waals surface area (Å²) in [5, 5.41) is 12.0. The van der Waals surface area contributed by atoms with Gasteiger partial charge < -0.3 is 24.8 Å². The maximum atomic E-state index is 6.48. The van der Waals surface area contributed by atoms with Crippen LogP contribution in [0, 0.1) is 12.8 Å². The fraction of sp³-hybridized carbons (Fsp3) is 0.621. The minimum absolute atomic E-state index is 0.686. The Labute approximate surface area is 239 Å². The van der Waals surface area contributed by atoms with E-state index >= 15 is 0 Å². The molecule has 3 fully saturated rings. The molecule has 2 aliphatic heterocycles. The number of halogens is 1. The smallest absolute Gasteiger partial charge is 0.187 e. The van der Waals surface area contributed by atoms with Crippen LogP contribution in [0.15, 0.2) is 23.1 Å². The van der Waals surface area contributed by atoms with Crippen LogP contribution in [0.5, 0.6) is 5.75 Å². The first-order valence-corrected chi connectivity index (χ1v) is 15.5. The molecule has 1 aromatic carbocycles. The third kappa shape index (κ3) is 6.11. The van der Waals surface area contributed by atoms with Crippen molar-refractivity contribution >= 4 is 44.2 Å². The Bertz CT molecular complexity index is 1250. The molecular formula is C29H41BrN8O. The van der Waals surface area contributed by atoms with Crippen molar-refractivity contribution in [2.45, 2.75) is 51.9 Å². The van der Waals surface area contributed by atoms with Gasteiger partial charge in [0.2, 0.25) is 0 Å². The molecule has 210 valence electrons. The summed E-state index contributed by atoms with van der Waals surface area (Å²) in [4.78, 5) is 16.3. The van der Waals surface area contributed by atoms with Gasteiger partial charge in [0.1, 0.15) is 22.5 Å². The molecule has 0 amide bonds. The molecule has 0 spiro atoms. The Morgan fingerprint density at radius 2 is 1.74 bits per heavy atom. The van der Waals surface area contributed by atoms with Crippen LogP contribution >= 0.6 is 15.9 Å². The first-order chi connectivity index (χ1) is 19.2. The van der Waals surface area contributed by atoms with Crippen molar-refractivity contribution in [1.82, 2.24) is 25.1 Å². The summed E-state index contributed by atoms with van der Waals surface area (Å²) in [6, 6.07) is 4.50. The lowest BCUT2D eigenvalue weighted by Crippen LogP contribution is -2.47. The van der Waals surface area contributed by atoms with E-state index in [1.54, 1.807) is 6.33 Å². The van der Waals surface area contributed by atoms with E-state index in [0.717, 1.165) is 67.4 Å². The number of aromatic amines is 1. The van der Waals surface area contributed by atoms with Gasteiger partial charge in [0.25, 0.3) is 0 Å². The van der Waals surface area contributed by atoms with Gasteiger partial charge in [0.05, 0.1) is 12.0 Å². The number of piperazine rings is 1. The molecule has 9 nitrogen and oxygen atoms in total. The molecule has 10 heteroatoms. The number of aromatic nitrogens is 4. The molecule has 2 saturated heterocycles. The summed E-state index contributed by atoms with van der Waals surface area (Å²) >= 11 is 3.58. The summed E-state index contributed by atoms with van der Waals surface area (Å²) in [5.74, 6) is 2.61. The van der Waals surface area contributed by atoms with Gasteiger partial charge in [0.15, 0.2) is 5.65 Å². The Morgan fingerprint density at radius 1 is 0.974 bits per heavy atom. The lowest BCUT2D eigenvalue weighted by molar-refractivity contribution is 0.209. The zero-order valence-electron chi connectivity index (χ0n) is 23.1. The van der Waals surface area contributed by atoms with Crippen molar-refractivity contribution in [2.24, 2.45) is 5.92 Å². The molecule has 0 unspecified atom stereocenters. The van der Waals surface area contributed by atoms with E-state index in [-0.39, 0.29) is 0 Å². The first-order valence-electron chi connectivity index (χ1n) is 14.7. The predicted octanol–water partition coefficient (Wildman–Crippen LogP) is 5.22. The SMILES string of the molecule is Cc1c(NCCN2CCCC2)cc(OCC2CCCCC2)cc1N1CCN(c2ncnc3n[nH]c(Br)c23)CC1. The van der Waals surface area contributed by atoms with E-state index in [2.05, 4.69) is 75.2 Å². The van der Waals surface area contributed by atoms with Crippen molar-refractivity contribution in [3.8, 4) is 5.75 Å². The Morgan fingerprint density at radius 3 is 2.54 bits per heavy atom. The number of H-pyrrole nitrogens is 1. The van der Waals surface area contributed by atoms with Crippen LogP contribution in [-0.2, 0) is 0 Å². The number of fused-ring (bicyclic) bond motifs is 1. The zero-order valence-corrected chi connectivity index (χ0v) is 24.7. The summed E-state index contributed by atoms with van der Waals surface area (Å²) in [7, 11) is 0. The van der Waals surface area contributed by atoms with Gasteiger partial charge in [-0.15, -0.1) is 0 Å². The van der Waals surface area contributed by atoms with Crippen LogP contribution < -0.4 is 19.9 Å². The van der Waals surface area contributed by atoms with Crippen molar-refractivity contribution in [1.29, 1.82) is 0 Å². The highest BCUT2D eigenvalue weighted by Crippen LogP contribution is 2.35. The van der Waals surface area contributed by atoms with Crippen LogP contribution in [0.1, 0.15) is 50.5 Å². The van der Waals surface area contributed by atoms with Crippen LogP contribution in [0.2, 0.25) is 0 Å². The quantitative estimate of drug-likeness (QED) is 0.348. The normalized spacial score (nSPS) is 19.2. The second-order valence-corrected chi connectivity index (χ2v) is 12.1. The summed E-state index contributed by atoms with van der Waals surface area (Å²) < 4.78 is 7.31. The predicted molar refractivity (Wildman–Crippen MR) is 161 cm³/mol. The number of anilines is 3. The molecule has 2 aromatic heterocycles. The van der Waals surface area contributed by atoms with Gasteiger partial charge in [-0.3, -0.25) is 5.10 Å². The Balaban J connectivity index is 1.17. The number of ether oxygens (including phenoxy) is 1. The second-order valence-electron chi connectivity index (χ2n) is 11.3. The van der Waals surface area contributed by atoms with Crippen LogP contribution in [0.3, 0.4) is 0 Å². The molecule has 3 aliphatic rings. The molecule has 3 aromatic rings. The van der Waals surface area contributed by atoms with Crippen LogP contribution in [0.4, 0.5) is 17.2 Å². The van der Waals surface area contributed by atoms with Gasteiger partial charge in [-0.2, -0.15) is 5.10 Å². The molecule has 0 radical (unpaired) electrons. The fourth-order valence-electron chi connectivity index (χ4n) is 6.40. The van der Waals surface area contributed by atoms with Crippen molar-refractivity contribution in [2.75, 3.05) is 74.1 Å². The molecule has 1 saturated carbocycles. The van der Waals surface area contributed by atoms with E-state index in [4.69, 9.17) is 4.74 Å². The van der Waals surface area contributed by atoms with E-state index in [1.165, 1.54) is 75.0 Å². The van der Waals surface area contributed by atoms with Gasteiger partial charge in [-0.1, -0.05) is 19.3 Å². The van der Waals surface area contributed by atoms with Gasteiger partial charge >= 0.3 is 0 Å². The zero-order chi connectivity index (χ0) is 26.6. The highest BCUT2D eigenvalue weighted by Gasteiger charge is 2.24. The third-order valence-electron chi connectivity index (χ3n) is 8.71. The minimum atomic E-state index is 0.686. The van der Waals surface area contributed by atoms with Crippen molar-refractivity contribution in [3.05, 3.63) is 28.6 Å². The lowest BCUT2D eigenvalue weighted by atomic mass is 9.90. The molecule has 39 heavy (non-hydrogen) atoms. The van der Waals surface area contributed by atoms with Crippen LogP contribution in [-0.4, -0.2) is 84.0 Å². The van der Waals surface area contributed by atoms with E-state index in [1.807, 2.05) is 0 Å². The van der Waals surface area contributed by atoms with E-state index < -0.39 is 0 Å². The standard InChI is InChI=1S/C29H41BrN8O/c1-21-24(31-9-12-36-10-5-6-11-36)17-23(39-19-22-7-3-2-4-8-22)18-25(21)37-13-15-38(16-14-37)29-26-27(30)34-35-28(26)32-20-33-29/h17-18,20,22,31H,2-16,19H2,1H3,(H,32,33,34,35). The van der Waals surface area contributed by atoms with Crippen LogP contribution in [0.25, 0.3) is 11.0 Å². The second kappa shape index (κ2) is 12.3. The first kappa shape index (κ1) is 26.6. The fourth-order valence-corrected chi connectivity index (χ4v) is 6.84. The molecule has 1 aliphatic carbocycles. The van der Waals surface area contributed by atoms with Gasteiger partial charge in [-0.05, 0) is 73.1 Å². The number of nitrogens with one attached hydrogen (secondary N) is 2. The molecule has 6 rings (SSSR count). The highest BCUT2D eigenvalue weighted by atomic mass is 79.9. The van der Waals surface area contributed by atoms with Gasteiger partial charge in [0, 0.05) is 62.8 Å². The lowest BCUT2D eigenvalue weighted by Gasteiger charge is -2.38. The average molecular weight is 598 g/mol.